The van der Waals surface area contributed by atoms with Crippen LogP contribution in [0.3, 0.4) is 0 Å². The highest BCUT2D eigenvalue weighted by Crippen LogP contribution is 2.32. The molecule has 0 heterocycles. The van der Waals surface area contributed by atoms with Crippen LogP contribution in [0.5, 0.6) is 5.75 Å². The molecule has 3 aromatic carbocycles. The molecule has 2 N–H and O–H groups in total. The number of esters is 1. The zero-order valence-electron chi connectivity index (χ0n) is 18.2. The van der Waals surface area contributed by atoms with E-state index < -0.39 is 41.6 Å². The van der Waals surface area contributed by atoms with Crippen molar-refractivity contribution in [3.63, 3.8) is 0 Å². The standard InChI is InChI=1S/C24H21F4NO5/c1-13(30)20(23(32)33-2)29-22(31)19-9-5-15-11-17(25)8-10-18(15)21(19)34-12-14-3-6-16(7-4-14)24(26,27)28/h3-11,13,20,30H,12H2,1-2H3,(H,29,31)/t13-,20+/m1/s1. The molecular weight excluding hydrogens is 458 g/mol. The number of benzene rings is 3. The predicted molar refractivity (Wildman–Crippen MR) is 115 cm³/mol. The topological polar surface area (TPSA) is 84.9 Å². The van der Waals surface area contributed by atoms with Gasteiger partial charge in [-0.2, -0.15) is 13.2 Å². The Bertz CT molecular complexity index is 1190. The van der Waals surface area contributed by atoms with Crippen molar-refractivity contribution in [3.8, 4) is 5.75 Å². The molecule has 0 aliphatic carbocycles. The first kappa shape index (κ1) is 25.0. The normalized spacial score (nSPS) is 13.3. The van der Waals surface area contributed by atoms with E-state index in [1.54, 1.807) is 0 Å². The molecule has 0 saturated heterocycles. The van der Waals surface area contributed by atoms with Crippen molar-refractivity contribution < 1.29 is 41.7 Å². The second-order valence-electron chi connectivity index (χ2n) is 7.51. The van der Waals surface area contributed by atoms with Gasteiger partial charge in [-0.25, -0.2) is 9.18 Å². The van der Waals surface area contributed by atoms with Gasteiger partial charge in [0.05, 0.1) is 24.3 Å². The van der Waals surface area contributed by atoms with Crippen LogP contribution in [0.2, 0.25) is 0 Å². The molecule has 3 aromatic rings. The SMILES string of the molecule is COC(=O)[C@@H](NC(=O)c1ccc2cc(F)ccc2c1OCc1ccc(C(F)(F)F)cc1)[C@@H](C)O. The van der Waals surface area contributed by atoms with Gasteiger partial charge < -0.3 is 19.9 Å². The van der Waals surface area contributed by atoms with Gasteiger partial charge in [0, 0.05) is 5.39 Å². The lowest BCUT2D eigenvalue weighted by molar-refractivity contribution is -0.145. The summed E-state index contributed by atoms with van der Waals surface area (Å²) in [6.07, 6.45) is -5.74. The maximum Gasteiger partial charge on any atom is 0.416 e. The van der Waals surface area contributed by atoms with Crippen molar-refractivity contribution in [2.45, 2.75) is 31.9 Å². The fourth-order valence-electron chi connectivity index (χ4n) is 3.27. The van der Waals surface area contributed by atoms with Crippen molar-refractivity contribution in [2.75, 3.05) is 7.11 Å². The number of amides is 1. The first-order valence-corrected chi connectivity index (χ1v) is 10.1. The third kappa shape index (κ3) is 5.63. The zero-order chi connectivity index (χ0) is 25.0. The van der Waals surface area contributed by atoms with E-state index in [1.165, 1.54) is 49.4 Å². The second kappa shape index (κ2) is 10.1. The van der Waals surface area contributed by atoms with Crippen LogP contribution in [0.4, 0.5) is 17.6 Å². The Kier molecular flexibility index (Phi) is 7.41. The summed E-state index contributed by atoms with van der Waals surface area (Å²) < 4.78 is 62.5. The molecule has 0 radical (unpaired) electrons. The van der Waals surface area contributed by atoms with Crippen LogP contribution in [0, 0.1) is 5.82 Å². The number of hydrogen-bond acceptors (Lipinski definition) is 5. The van der Waals surface area contributed by atoms with Crippen LogP contribution in [0.15, 0.2) is 54.6 Å². The van der Waals surface area contributed by atoms with Crippen molar-refractivity contribution in [3.05, 3.63) is 77.1 Å². The molecule has 10 heteroatoms. The van der Waals surface area contributed by atoms with Gasteiger partial charge in [0.2, 0.25) is 0 Å². The number of carbonyl (C=O) groups is 2. The fraction of sp³-hybridized carbons (Fsp3) is 0.250. The average Bonchev–Trinajstić information content (AvgIpc) is 2.79. The van der Waals surface area contributed by atoms with E-state index >= 15 is 0 Å². The van der Waals surface area contributed by atoms with Gasteiger partial charge in [-0.1, -0.05) is 18.2 Å². The number of halogens is 4. The van der Waals surface area contributed by atoms with Gasteiger partial charge in [-0.05, 0) is 54.3 Å². The molecule has 2 atom stereocenters. The van der Waals surface area contributed by atoms with Crippen LogP contribution in [-0.2, 0) is 22.3 Å². The van der Waals surface area contributed by atoms with Gasteiger partial charge in [0.25, 0.3) is 5.91 Å². The van der Waals surface area contributed by atoms with Crippen LogP contribution < -0.4 is 10.1 Å². The number of aliphatic hydroxyl groups excluding tert-OH is 1. The molecule has 3 rings (SSSR count). The zero-order valence-corrected chi connectivity index (χ0v) is 18.2. The Labute approximate surface area is 192 Å². The van der Waals surface area contributed by atoms with E-state index in [9.17, 15) is 32.3 Å². The Morgan fingerprint density at radius 2 is 1.74 bits per heavy atom. The third-order valence-corrected chi connectivity index (χ3v) is 5.07. The molecule has 1 amide bonds. The minimum absolute atomic E-state index is 0.0272. The lowest BCUT2D eigenvalue weighted by atomic mass is 10.0. The van der Waals surface area contributed by atoms with E-state index in [1.807, 2.05) is 0 Å². The number of fused-ring (bicyclic) bond motifs is 1. The largest absolute Gasteiger partial charge is 0.487 e. The number of rotatable bonds is 7. The number of methoxy groups -OCH3 is 1. The van der Waals surface area contributed by atoms with Crippen molar-refractivity contribution >= 4 is 22.6 Å². The Hall–Kier alpha value is -3.66. The number of hydrogen-bond donors (Lipinski definition) is 2. The minimum atomic E-state index is -4.48. The summed E-state index contributed by atoms with van der Waals surface area (Å²) in [6.45, 7) is 1.11. The molecule has 0 bridgehead atoms. The molecule has 6 nitrogen and oxygen atoms in total. The molecule has 34 heavy (non-hydrogen) atoms. The van der Waals surface area contributed by atoms with Gasteiger partial charge in [0.1, 0.15) is 18.2 Å². The Morgan fingerprint density at radius 1 is 1.06 bits per heavy atom. The van der Waals surface area contributed by atoms with Gasteiger partial charge in [-0.3, -0.25) is 4.79 Å². The van der Waals surface area contributed by atoms with Crippen LogP contribution in [0.25, 0.3) is 10.8 Å². The summed E-state index contributed by atoms with van der Waals surface area (Å²) in [6, 6.07) is 9.59. The molecule has 0 aliphatic heterocycles. The second-order valence-corrected chi connectivity index (χ2v) is 7.51. The average molecular weight is 479 g/mol. The smallest absolute Gasteiger partial charge is 0.416 e. The molecule has 0 fully saturated rings. The molecule has 0 unspecified atom stereocenters. The monoisotopic (exact) mass is 479 g/mol. The molecule has 0 aromatic heterocycles. The van der Waals surface area contributed by atoms with E-state index in [0.29, 0.717) is 16.3 Å². The lowest BCUT2D eigenvalue weighted by Crippen LogP contribution is -2.48. The number of alkyl halides is 3. The highest BCUT2D eigenvalue weighted by atomic mass is 19.4. The van der Waals surface area contributed by atoms with Gasteiger partial charge >= 0.3 is 12.1 Å². The summed E-state index contributed by atoms with van der Waals surface area (Å²) in [5, 5.41) is 13.0. The summed E-state index contributed by atoms with van der Waals surface area (Å²) >= 11 is 0. The summed E-state index contributed by atoms with van der Waals surface area (Å²) in [4.78, 5) is 24.9. The fourth-order valence-corrected chi connectivity index (χ4v) is 3.27. The quantitative estimate of drug-likeness (QED) is 0.392. The summed E-state index contributed by atoms with van der Waals surface area (Å²) in [5.41, 5.74) is -0.445. The highest BCUT2D eigenvalue weighted by Gasteiger charge is 2.30. The van der Waals surface area contributed by atoms with Gasteiger partial charge in [-0.15, -0.1) is 0 Å². The minimum Gasteiger partial charge on any atom is -0.487 e. The van der Waals surface area contributed by atoms with Crippen LogP contribution >= 0.6 is 0 Å². The van der Waals surface area contributed by atoms with Crippen LogP contribution in [-0.4, -0.2) is 36.2 Å². The Balaban J connectivity index is 1.95. The summed E-state index contributed by atoms with van der Waals surface area (Å²) in [7, 11) is 1.10. The highest BCUT2D eigenvalue weighted by molar-refractivity contribution is 6.05. The summed E-state index contributed by atoms with van der Waals surface area (Å²) in [5.74, 6) is -2.12. The predicted octanol–water partition coefficient (Wildman–Crippen LogP) is 4.23. The maximum absolute atomic E-state index is 13.7. The number of aliphatic hydroxyl groups is 1. The third-order valence-electron chi connectivity index (χ3n) is 5.07. The van der Waals surface area contributed by atoms with Crippen molar-refractivity contribution in [1.82, 2.24) is 5.32 Å². The van der Waals surface area contributed by atoms with E-state index in [4.69, 9.17) is 4.74 Å². The molecule has 0 aliphatic rings. The molecule has 180 valence electrons. The Morgan fingerprint density at radius 3 is 2.32 bits per heavy atom. The number of carbonyl (C=O) groups excluding carboxylic acids is 2. The number of ether oxygens (including phenoxy) is 2. The lowest BCUT2D eigenvalue weighted by Gasteiger charge is -2.20. The first-order chi connectivity index (χ1) is 16.0. The maximum atomic E-state index is 13.7. The number of nitrogens with one attached hydrogen (secondary N) is 1. The van der Waals surface area contributed by atoms with Crippen molar-refractivity contribution in [2.24, 2.45) is 0 Å². The molecular formula is C24H21F4NO5. The molecule has 0 spiro atoms. The van der Waals surface area contributed by atoms with Gasteiger partial charge in [0.15, 0.2) is 6.04 Å². The van der Waals surface area contributed by atoms with E-state index in [2.05, 4.69) is 10.1 Å². The van der Waals surface area contributed by atoms with Crippen LogP contribution in [0.1, 0.15) is 28.4 Å². The van der Waals surface area contributed by atoms with Crippen molar-refractivity contribution in [1.29, 1.82) is 0 Å². The van der Waals surface area contributed by atoms with E-state index in [0.717, 1.165) is 19.2 Å². The molecule has 0 saturated carbocycles. The first-order valence-electron chi connectivity index (χ1n) is 10.1. The van der Waals surface area contributed by atoms with E-state index in [-0.39, 0.29) is 17.9 Å².